The molecule has 1 aromatic heterocycles. The molecule has 0 spiro atoms. The third-order valence-electron chi connectivity index (χ3n) is 6.89. The molecule has 7 heteroatoms. The second-order valence-corrected chi connectivity index (χ2v) is 10.8. The molecule has 0 saturated carbocycles. The van der Waals surface area contributed by atoms with Crippen molar-refractivity contribution in [3.8, 4) is 11.5 Å². The van der Waals surface area contributed by atoms with Gasteiger partial charge in [-0.2, -0.15) is 5.10 Å². The average molecular weight is 521 g/mol. The molecule has 1 heterocycles. The zero-order valence-corrected chi connectivity index (χ0v) is 24.1. The fourth-order valence-electron chi connectivity index (χ4n) is 4.90. The van der Waals surface area contributed by atoms with Gasteiger partial charge in [0.1, 0.15) is 0 Å². The van der Waals surface area contributed by atoms with Crippen LogP contribution in [0.15, 0.2) is 48.8 Å². The first-order valence-corrected chi connectivity index (χ1v) is 13.5. The van der Waals surface area contributed by atoms with E-state index in [2.05, 4.69) is 67.7 Å². The Kier molecular flexibility index (Phi) is 10.2. The molecule has 0 radical (unpaired) electrons. The molecular weight excluding hydrogens is 476 g/mol. The summed E-state index contributed by atoms with van der Waals surface area (Å²) in [5, 5.41) is 10.8. The first-order chi connectivity index (χ1) is 18.2. The summed E-state index contributed by atoms with van der Waals surface area (Å²) in [6.45, 7) is 9.34. The molecule has 2 N–H and O–H groups in total. The van der Waals surface area contributed by atoms with Gasteiger partial charge < -0.3 is 20.1 Å². The molecule has 206 valence electrons. The minimum atomic E-state index is -0.120. The van der Waals surface area contributed by atoms with Gasteiger partial charge in [0.05, 0.1) is 20.8 Å². The molecule has 0 bridgehead atoms. The van der Waals surface area contributed by atoms with Gasteiger partial charge in [-0.25, -0.2) is 0 Å². The SMILES string of the molecule is CCCCCC(CC(=O)Nc1cc(Cn2cccn2)ccc1C(C)(C)C)c1cc(NC)cc(OC)c1OC. The van der Waals surface area contributed by atoms with E-state index >= 15 is 0 Å². The van der Waals surface area contributed by atoms with Gasteiger partial charge in [-0.3, -0.25) is 9.48 Å². The number of nitrogens with zero attached hydrogens (tertiary/aromatic N) is 2. The third kappa shape index (κ3) is 7.53. The minimum absolute atomic E-state index is 0.0101. The van der Waals surface area contributed by atoms with Crippen molar-refractivity contribution >= 4 is 17.3 Å². The number of ether oxygens (including phenoxy) is 2. The van der Waals surface area contributed by atoms with Crippen LogP contribution in [0.4, 0.5) is 11.4 Å². The Morgan fingerprint density at radius 2 is 1.89 bits per heavy atom. The van der Waals surface area contributed by atoms with Gasteiger partial charge in [-0.05, 0) is 47.1 Å². The van der Waals surface area contributed by atoms with Gasteiger partial charge in [0.25, 0.3) is 0 Å². The predicted molar refractivity (Wildman–Crippen MR) is 156 cm³/mol. The highest BCUT2D eigenvalue weighted by Crippen LogP contribution is 2.42. The van der Waals surface area contributed by atoms with Gasteiger partial charge in [0, 0.05) is 48.9 Å². The predicted octanol–water partition coefficient (Wildman–Crippen LogP) is 6.98. The topological polar surface area (TPSA) is 77.4 Å². The monoisotopic (exact) mass is 520 g/mol. The fraction of sp³-hybridized carbons (Fsp3) is 0.484. The molecule has 0 aliphatic heterocycles. The second-order valence-electron chi connectivity index (χ2n) is 10.8. The van der Waals surface area contributed by atoms with Crippen LogP contribution in [0.5, 0.6) is 11.5 Å². The summed E-state index contributed by atoms with van der Waals surface area (Å²) >= 11 is 0. The van der Waals surface area contributed by atoms with Crippen LogP contribution in [0.1, 0.15) is 82.4 Å². The number of hydrogen-bond donors (Lipinski definition) is 2. The maximum Gasteiger partial charge on any atom is 0.224 e. The van der Waals surface area contributed by atoms with Crippen LogP contribution >= 0.6 is 0 Å². The molecule has 3 rings (SSSR count). The Balaban J connectivity index is 1.92. The molecule has 0 saturated heterocycles. The number of carbonyl (C=O) groups is 1. The second kappa shape index (κ2) is 13.4. The molecule has 0 aliphatic carbocycles. The molecular formula is C31H44N4O3. The number of nitrogens with one attached hydrogen (secondary N) is 2. The Hall–Kier alpha value is -3.48. The lowest BCUT2D eigenvalue weighted by molar-refractivity contribution is -0.116. The first kappa shape index (κ1) is 29.1. The highest BCUT2D eigenvalue weighted by Gasteiger charge is 2.25. The fourth-order valence-corrected chi connectivity index (χ4v) is 4.90. The highest BCUT2D eigenvalue weighted by atomic mass is 16.5. The molecule has 0 aliphatic rings. The van der Waals surface area contributed by atoms with E-state index in [-0.39, 0.29) is 17.2 Å². The lowest BCUT2D eigenvalue weighted by Gasteiger charge is -2.25. The molecule has 2 aromatic carbocycles. The van der Waals surface area contributed by atoms with Crippen molar-refractivity contribution in [1.82, 2.24) is 9.78 Å². The smallest absolute Gasteiger partial charge is 0.224 e. The summed E-state index contributed by atoms with van der Waals surface area (Å²) in [7, 11) is 5.18. The van der Waals surface area contributed by atoms with E-state index in [0.717, 1.165) is 53.7 Å². The quantitative estimate of drug-likeness (QED) is 0.238. The first-order valence-electron chi connectivity index (χ1n) is 13.5. The number of unbranched alkanes of at least 4 members (excludes halogenated alkanes) is 2. The van der Waals surface area contributed by atoms with Gasteiger partial charge in [-0.15, -0.1) is 0 Å². The zero-order valence-electron chi connectivity index (χ0n) is 24.1. The van der Waals surface area contributed by atoms with E-state index in [4.69, 9.17) is 9.47 Å². The van der Waals surface area contributed by atoms with Crippen molar-refractivity contribution in [3.05, 3.63) is 65.5 Å². The van der Waals surface area contributed by atoms with Crippen molar-refractivity contribution in [2.75, 3.05) is 31.9 Å². The van der Waals surface area contributed by atoms with Gasteiger partial charge in [0.2, 0.25) is 5.91 Å². The number of amides is 1. The molecule has 0 fully saturated rings. The van der Waals surface area contributed by atoms with Crippen LogP contribution < -0.4 is 20.1 Å². The minimum Gasteiger partial charge on any atom is -0.493 e. The van der Waals surface area contributed by atoms with Crippen LogP contribution in [0.25, 0.3) is 0 Å². The molecule has 1 unspecified atom stereocenters. The van der Waals surface area contributed by atoms with Gasteiger partial charge >= 0.3 is 0 Å². The lowest BCUT2D eigenvalue weighted by atomic mass is 9.84. The normalized spacial score (nSPS) is 12.2. The maximum absolute atomic E-state index is 13.6. The van der Waals surface area contributed by atoms with E-state index in [1.165, 1.54) is 0 Å². The van der Waals surface area contributed by atoms with Crippen LogP contribution in [-0.2, 0) is 16.8 Å². The Bertz CT molecular complexity index is 1180. The Morgan fingerprint density at radius 3 is 2.50 bits per heavy atom. The van der Waals surface area contributed by atoms with Crippen LogP contribution in [0, 0.1) is 0 Å². The average Bonchev–Trinajstić information content (AvgIpc) is 3.39. The summed E-state index contributed by atoms with van der Waals surface area (Å²) in [6, 6.07) is 12.2. The number of aromatic nitrogens is 2. The number of carbonyl (C=O) groups excluding carboxylic acids is 1. The molecule has 3 aromatic rings. The van der Waals surface area contributed by atoms with Crippen molar-refractivity contribution in [3.63, 3.8) is 0 Å². The zero-order chi connectivity index (χ0) is 27.7. The van der Waals surface area contributed by atoms with Crippen molar-refractivity contribution < 1.29 is 14.3 Å². The summed E-state index contributed by atoms with van der Waals surface area (Å²) in [4.78, 5) is 13.6. The highest BCUT2D eigenvalue weighted by molar-refractivity contribution is 5.92. The summed E-state index contributed by atoms with van der Waals surface area (Å²) in [6.07, 6.45) is 8.23. The van der Waals surface area contributed by atoms with E-state index in [0.29, 0.717) is 24.5 Å². The molecule has 7 nitrogen and oxygen atoms in total. The van der Waals surface area contributed by atoms with Gasteiger partial charge in [0.15, 0.2) is 11.5 Å². The van der Waals surface area contributed by atoms with Crippen LogP contribution in [0.3, 0.4) is 0 Å². The molecule has 1 amide bonds. The summed E-state index contributed by atoms with van der Waals surface area (Å²) in [5.41, 5.74) is 4.85. The number of benzene rings is 2. The van der Waals surface area contributed by atoms with Crippen LogP contribution in [0.2, 0.25) is 0 Å². The van der Waals surface area contributed by atoms with E-state index < -0.39 is 0 Å². The molecule has 1 atom stereocenters. The maximum atomic E-state index is 13.6. The third-order valence-corrected chi connectivity index (χ3v) is 6.89. The van der Waals surface area contributed by atoms with Crippen LogP contribution in [-0.4, -0.2) is 37.0 Å². The van der Waals surface area contributed by atoms with E-state index in [1.807, 2.05) is 30.1 Å². The standard InChI is InChI=1S/C31H44N4O3/c1-8-9-10-12-23(25-19-24(32-5)20-28(37-6)30(25)38-7)18-29(36)34-27-17-22(21-35-16-11-15-33-35)13-14-26(27)31(2,3)4/h11,13-17,19-20,23,32H,8-10,12,18,21H2,1-7H3,(H,34,36). The van der Waals surface area contributed by atoms with Gasteiger partial charge in [-0.1, -0.05) is 59.1 Å². The summed E-state index contributed by atoms with van der Waals surface area (Å²) < 4.78 is 13.3. The van der Waals surface area contributed by atoms with Crippen molar-refractivity contribution in [2.24, 2.45) is 0 Å². The number of anilines is 2. The largest absolute Gasteiger partial charge is 0.493 e. The number of methoxy groups -OCH3 is 2. The lowest BCUT2D eigenvalue weighted by Crippen LogP contribution is -2.21. The van der Waals surface area contributed by atoms with Crippen molar-refractivity contribution in [1.29, 1.82) is 0 Å². The summed E-state index contributed by atoms with van der Waals surface area (Å²) in [5.74, 6) is 1.34. The number of rotatable bonds is 13. The van der Waals surface area contributed by atoms with E-state index in [1.54, 1.807) is 20.4 Å². The van der Waals surface area contributed by atoms with Crippen molar-refractivity contribution in [2.45, 2.75) is 77.7 Å². The number of hydrogen-bond acceptors (Lipinski definition) is 5. The Labute approximate surface area is 227 Å². The molecule has 38 heavy (non-hydrogen) atoms. The Morgan fingerprint density at radius 1 is 1.11 bits per heavy atom. The van der Waals surface area contributed by atoms with E-state index in [9.17, 15) is 4.79 Å².